The molecule has 1 fully saturated rings. The number of aliphatic hydroxyl groups is 1. The molecule has 0 unspecified atom stereocenters. The molecule has 0 aromatic heterocycles. The molecule has 1 aliphatic carbocycles. The summed E-state index contributed by atoms with van der Waals surface area (Å²) in [6.07, 6.45) is 5.86. The van der Waals surface area contributed by atoms with E-state index >= 15 is 0 Å². The SMILES string of the molecule is O=C(NCC1(O)CCCCCC1)c1ccc(Br)cc1Cl. The van der Waals surface area contributed by atoms with Crippen molar-refractivity contribution in [2.45, 2.75) is 44.1 Å². The zero-order valence-electron chi connectivity index (χ0n) is 11.3. The van der Waals surface area contributed by atoms with Crippen molar-refractivity contribution in [3.8, 4) is 0 Å². The second-order valence-corrected chi connectivity index (χ2v) is 6.77. The molecule has 1 amide bonds. The van der Waals surface area contributed by atoms with Crippen LogP contribution in [0.25, 0.3) is 0 Å². The molecule has 1 aromatic carbocycles. The number of amides is 1. The van der Waals surface area contributed by atoms with Gasteiger partial charge in [-0.05, 0) is 31.0 Å². The first-order valence-electron chi connectivity index (χ1n) is 6.96. The minimum atomic E-state index is -0.770. The molecule has 1 aromatic rings. The van der Waals surface area contributed by atoms with Crippen LogP contribution in [0, 0.1) is 0 Å². The van der Waals surface area contributed by atoms with Gasteiger partial charge in [-0.1, -0.05) is 53.2 Å². The Morgan fingerprint density at radius 1 is 1.30 bits per heavy atom. The first-order valence-corrected chi connectivity index (χ1v) is 8.13. The first-order chi connectivity index (χ1) is 9.50. The van der Waals surface area contributed by atoms with Crippen molar-refractivity contribution >= 4 is 33.4 Å². The number of halogens is 2. The highest BCUT2D eigenvalue weighted by Crippen LogP contribution is 2.27. The van der Waals surface area contributed by atoms with Gasteiger partial charge in [-0.3, -0.25) is 4.79 Å². The lowest BCUT2D eigenvalue weighted by Gasteiger charge is -2.26. The monoisotopic (exact) mass is 359 g/mol. The molecule has 0 bridgehead atoms. The van der Waals surface area contributed by atoms with Gasteiger partial charge in [0.1, 0.15) is 0 Å². The number of rotatable bonds is 3. The Bertz CT molecular complexity index is 485. The summed E-state index contributed by atoms with van der Waals surface area (Å²) in [5, 5.41) is 13.7. The molecule has 0 saturated heterocycles. The lowest BCUT2D eigenvalue weighted by atomic mass is 9.94. The van der Waals surface area contributed by atoms with Crippen molar-refractivity contribution in [3.63, 3.8) is 0 Å². The van der Waals surface area contributed by atoms with Crippen molar-refractivity contribution in [2.75, 3.05) is 6.54 Å². The number of carbonyl (C=O) groups is 1. The number of benzene rings is 1. The lowest BCUT2D eigenvalue weighted by molar-refractivity contribution is 0.0246. The summed E-state index contributed by atoms with van der Waals surface area (Å²) in [6.45, 7) is 0.290. The van der Waals surface area contributed by atoms with Crippen LogP contribution in [0.2, 0.25) is 5.02 Å². The van der Waals surface area contributed by atoms with Crippen LogP contribution in [0.3, 0.4) is 0 Å². The van der Waals surface area contributed by atoms with E-state index < -0.39 is 5.60 Å². The summed E-state index contributed by atoms with van der Waals surface area (Å²) in [5.41, 5.74) is -0.333. The molecule has 1 aliphatic rings. The zero-order chi connectivity index (χ0) is 14.6. The molecular formula is C15H19BrClNO2. The van der Waals surface area contributed by atoms with Crippen LogP contribution in [0.5, 0.6) is 0 Å². The maximum absolute atomic E-state index is 12.1. The zero-order valence-corrected chi connectivity index (χ0v) is 13.6. The highest BCUT2D eigenvalue weighted by molar-refractivity contribution is 9.10. The molecule has 2 N–H and O–H groups in total. The Balaban J connectivity index is 1.97. The maximum atomic E-state index is 12.1. The van der Waals surface area contributed by atoms with Crippen LogP contribution in [0.15, 0.2) is 22.7 Å². The fourth-order valence-electron chi connectivity index (χ4n) is 2.58. The van der Waals surface area contributed by atoms with Gasteiger partial charge in [-0.25, -0.2) is 0 Å². The van der Waals surface area contributed by atoms with E-state index in [2.05, 4.69) is 21.2 Å². The van der Waals surface area contributed by atoms with Crippen LogP contribution in [-0.4, -0.2) is 23.2 Å². The van der Waals surface area contributed by atoms with Gasteiger partial charge in [0.15, 0.2) is 0 Å². The molecule has 5 heteroatoms. The van der Waals surface area contributed by atoms with Crippen molar-refractivity contribution in [2.24, 2.45) is 0 Å². The highest BCUT2D eigenvalue weighted by atomic mass is 79.9. The molecular weight excluding hydrogens is 342 g/mol. The average Bonchev–Trinajstić information content (AvgIpc) is 2.61. The van der Waals surface area contributed by atoms with Gasteiger partial charge < -0.3 is 10.4 Å². The van der Waals surface area contributed by atoms with Crippen molar-refractivity contribution in [1.29, 1.82) is 0 Å². The third kappa shape index (κ3) is 4.21. The number of hydrogen-bond acceptors (Lipinski definition) is 2. The highest BCUT2D eigenvalue weighted by Gasteiger charge is 2.28. The van der Waals surface area contributed by atoms with Gasteiger partial charge in [0, 0.05) is 11.0 Å². The van der Waals surface area contributed by atoms with Crippen LogP contribution in [-0.2, 0) is 0 Å². The van der Waals surface area contributed by atoms with Crippen LogP contribution in [0.4, 0.5) is 0 Å². The molecule has 0 heterocycles. The number of hydrogen-bond donors (Lipinski definition) is 2. The molecule has 0 aliphatic heterocycles. The van der Waals surface area contributed by atoms with E-state index in [4.69, 9.17) is 11.6 Å². The molecule has 0 spiro atoms. The molecule has 0 radical (unpaired) electrons. The Labute approximate surface area is 132 Å². The number of nitrogens with one attached hydrogen (secondary N) is 1. The third-order valence-corrected chi connectivity index (χ3v) is 4.59. The summed E-state index contributed by atoms with van der Waals surface area (Å²) >= 11 is 9.36. The smallest absolute Gasteiger partial charge is 0.252 e. The molecule has 110 valence electrons. The summed E-state index contributed by atoms with van der Waals surface area (Å²) in [4.78, 5) is 12.1. The first kappa shape index (κ1) is 15.8. The van der Waals surface area contributed by atoms with Gasteiger partial charge in [0.05, 0.1) is 16.2 Å². The van der Waals surface area contributed by atoms with E-state index in [1.165, 1.54) is 0 Å². The maximum Gasteiger partial charge on any atom is 0.252 e. The van der Waals surface area contributed by atoms with E-state index in [1.807, 2.05) is 0 Å². The molecule has 20 heavy (non-hydrogen) atoms. The Morgan fingerprint density at radius 3 is 2.55 bits per heavy atom. The van der Waals surface area contributed by atoms with Crippen molar-refractivity contribution in [3.05, 3.63) is 33.3 Å². The molecule has 2 rings (SSSR count). The van der Waals surface area contributed by atoms with Gasteiger partial charge in [0.2, 0.25) is 0 Å². The fourth-order valence-corrected chi connectivity index (χ4v) is 3.34. The normalized spacial score (nSPS) is 18.4. The Kier molecular flexibility index (Phi) is 5.47. The van der Waals surface area contributed by atoms with Gasteiger partial charge in [0.25, 0.3) is 5.91 Å². The predicted molar refractivity (Wildman–Crippen MR) is 84.1 cm³/mol. The van der Waals surface area contributed by atoms with E-state index in [-0.39, 0.29) is 12.5 Å². The second-order valence-electron chi connectivity index (χ2n) is 5.45. The van der Waals surface area contributed by atoms with E-state index in [9.17, 15) is 9.90 Å². The molecule has 3 nitrogen and oxygen atoms in total. The van der Waals surface area contributed by atoms with Crippen molar-refractivity contribution in [1.82, 2.24) is 5.32 Å². The fraction of sp³-hybridized carbons (Fsp3) is 0.533. The van der Waals surface area contributed by atoms with Crippen molar-refractivity contribution < 1.29 is 9.90 Å². The predicted octanol–water partition coefficient (Wildman–Crippen LogP) is 3.92. The largest absolute Gasteiger partial charge is 0.388 e. The van der Waals surface area contributed by atoms with Gasteiger partial charge in [-0.15, -0.1) is 0 Å². The van der Waals surface area contributed by atoms with Gasteiger partial charge >= 0.3 is 0 Å². The summed E-state index contributed by atoms with van der Waals surface area (Å²) in [7, 11) is 0. The lowest BCUT2D eigenvalue weighted by Crippen LogP contribution is -2.42. The molecule has 1 saturated carbocycles. The quantitative estimate of drug-likeness (QED) is 0.803. The average molecular weight is 361 g/mol. The van der Waals surface area contributed by atoms with Crippen LogP contribution >= 0.6 is 27.5 Å². The van der Waals surface area contributed by atoms with Crippen LogP contribution < -0.4 is 5.32 Å². The Hall–Kier alpha value is -0.580. The van der Waals surface area contributed by atoms with Gasteiger partial charge in [-0.2, -0.15) is 0 Å². The summed E-state index contributed by atoms with van der Waals surface area (Å²) in [6, 6.07) is 5.15. The summed E-state index contributed by atoms with van der Waals surface area (Å²) < 4.78 is 0.835. The van der Waals surface area contributed by atoms with Crippen LogP contribution in [0.1, 0.15) is 48.9 Å². The third-order valence-electron chi connectivity index (χ3n) is 3.79. The Morgan fingerprint density at radius 2 is 1.95 bits per heavy atom. The van der Waals surface area contributed by atoms with E-state index in [0.717, 1.165) is 43.0 Å². The topological polar surface area (TPSA) is 49.3 Å². The minimum Gasteiger partial charge on any atom is -0.388 e. The minimum absolute atomic E-state index is 0.236. The summed E-state index contributed by atoms with van der Waals surface area (Å²) in [5.74, 6) is -0.236. The number of carbonyl (C=O) groups excluding carboxylic acids is 1. The standard InChI is InChI=1S/C15H19BrClNO2/c16-11-5-6-12(13(17)9-11)14(19)18-10-15(20)7-3-1-2-4-8-15/h5-6,9,20H,1-4,7-8,10H2,(H,18,19). The molecule has 0 atom stereocenters. The van der Waals surface area contributed by atoms with E-state index in [0.29, 0.717) is 10.6 Å². The second kappa shape index (κ2) is 6.92. The van der Waals surface area contributed by atoms with E-state index in [1.54, 1.807) is 18.2 Å².